The first-order valence-electron chi connectivity index (χ1n) is 6.80. The second-order valence-corrected chi connectivity index (χ2v) is 5.41. The Labute approximate surface area is 135 Å². The smallest absolute Gasteiger partial charge is 0.258 e. The van der Waals surface area contributed by atoms with E-state index in [4.69, 9.17) is 4.74 Å². The molecule has 0 saturated heterocycles. The molecule has 0 fully saturated rings. The van der Waals surface area contributed by atoms with Crippen LogP contribution in [0.5, 0.6) is 5.75 Å². The van der Waals surface area contributed by atoms with Crippen LogP contribution < -0.4 is 10.1 Å². The van der Waals surface area contributed by atoms with Gasteiger partial charge >= 0.3 is 0 Å². The Hall–Kier alpha value is -2.74. The lowest BCUT2D eigenvalue weighted by molar-refractivity contribution is -0.123. The van der Waals surface area contributed by atoms with Gasteiger partial charge in [0.05, 0.1) is 18.4 Å². The first-order chi connectivity index (χ1) is 11.2. The molecule has 0 spiro atoms. The highest BCUT2D eigenvalue weighted by molar-refractivity contribution is 7.08. The highest BCUT2D eigenvalue weighted by Gasteiger charge is 2.08. The second kappa shape index (κ2) is 7.01. The van der Waals surface area contributed by atoms with E-state index in [0.717, 1.165) is 5.69 Å². The number of halogens is 1. The SMILES string of the molecule is O=C(COc1ccccc1F)NCc1cn(-c2ccsc2)nn1. The molecule has 6 nitrogen and oxygen atoms in total. The molecule has 2 aromatic heterocycles. The summed E-state index contributed by atoms with van der Waals surface area (Å²) in [5.74, 6) is -0.816. The van der Waals surface area contributed by atoms with Crippen LogP contribution in [0.4, 0.5) is 4.39 Å². The van der Waals surface area contributed by atoms with E-state index in [1.54, 1.807) is 34.3 Å². The van der Waals surface area contributed by atoms with E-state index >= 15 is 0 Å². The van der Waals surface area contributed by atoms with Crippen molar-refractivity contribution in [3.8, 4) is 11.4 Å². The highest BCUT2D eigenvalue weighted by Crippen LogP contribution is 2.15. The Morgan fingerprint density at radius 2 is 2.22 bits per heavy atom. The van der Waals surface area contributed by atoms with E-state index in [1.807, 2.05) is 16.8 Å². The molecular formula is C15H13FN4O2S. The number of carbonyl (C=O) groups excluding carboxylic acids is 1. The minimum atomic E-state index is -0.501. The average molecular weight is 332 g/mol. The number of aromatic nitrogens is 3. The number of thiophene rings is 1. The van der Waals surface area contributed by atoms with E-state index in [-0.39, 0.29) is 24.8 Å². The zero-order valence-electron chi connectivity index (χ0n) is 12.0. The summed E-state index contributed by atoms with van der Waals surface area (Å²) < 4.78 is 20.1. The van der Waals surface area contributed by atoms with Crippen molar-refractivity contribution in [2.45, 2.75) is 6.54 Å². The molecule has 23 heavy (non-hydrogen) atoms. The molecule has 0 aliphatic rings. The molecule has 2 heterocycles. The molecule has 0 radical (unpaired) electrons. The van der Waals surface area contributed by atoms with Gasteiger partial charge in [-0.25, -0.2) is 9.07 Å². The third-order valence-electron chi connectivity index (χ3n) is 2.97. The molecule has 1 aromatic carbocycles. The van der Waals surface area contributed by atoms with Crippen LogP contribution in [0.15, 0.2) is 47.3 Å². The maximum absolute atomic E-state index is 13.4. The lowest BCUT2D eigenvalue weighted by Gasteiger charge is -2.06. The van der Waals surface area contributed by atoms with Crippen molar-refractivity contribution in [1.82, 2.24) is 20.3 Å². The number of hydrogen-bond donors (Lipinski definition) is 1. The predicted octanol–water partition coefficient (Wildman–Crippen LogP) is 2.16. The molecule has 0 atom stereocenters. The van der Waals surface area contributed by atoms with Crippen LogP contribution in [0.25, 0.3) is 5.69 Å². The Morgan fingerprint density at radius 3 is 3.00 bits per heavy atom. The molecule has 118 valence electrons. The lowest BCUT2D eigenvalue weighted by Crippen LogP contribution is -2.28. The van der Waals surface area contributed by atoms with E-state index in [0.29, 0.717) is 5.69 Å². The Morgan fingerprint density at radius 1 is 1.35 bits per heavy atom. The van der Waals surface area contributed by atoms with Crippen LogP contribution in [0.2, 0.25) is 0 Å². The van der Waals surface area contributed by atoms with Gasteiger partial charge in [-0.2, -0.15) is 11.3 Å². The summed E-state index contributed by atoms with van der Waals surface area (Å²) in [5.41, 5.74) is 1.54. The van der Waals surface area contributed by atoms with Gasteiger partial charge in [0, 0.05) is 5.38 Å². The fourth-order valence-corrected chi connectivity index (χ4v) is 2.46. The summed E-state index contributed by atoms with van der Waals surface area (Å²) in [6.07, 6.45) is 1.74. The summed E-state index contributed by atoms with van der Waals surface area (Å²) in [4.78, 5) is 11.7. The van der Waals surface area contributed by atoms with Crippen molar-refractivity contribution in [1.29, 1.82) is 0 Å². The molecule has 1 N–H and O–H groups in total. The molecule has 1 amide bonds. The van der Waals surface area contributed by atoms with E-state index < -0.39 is 5.82 Å². The van der Waals surface area contributed by atoms with Crippen LogP contribution >= 0.6 is 11.3 Å². The largest absolute Gasteiger partial charge is 0.481 e. The number of para-hydroxylation sites is 1. The highest BCUT2D eigenvalue weighted by atomic mass is 32.1. The monoisotopic (exact) mass is 332 g/mol. The van der Waals surface area contributed by atoms with E-state index in [2.05, 4.69) is 15.6 Å². The van der Waals surface area contributed by atoms with Gasteiger partial charge < -0.3 is 10.1 Å². The van der Waals surface area contributed by atoms with Crippen molar-refractivity contribution in [2.75, 3.05) is 6.61 Å². The Balaban J connectivity index is 1.49. The zero-order chi connectivity index (χ0) is 16.1. The maximum atomic E-state index is 13.4. The fourth-order valence-electron chi connectivity index (χ4n) is 1.84. The fraction of sp³-hybridized carbons (Fsp3) is 0.133. The van der Waals surface area contributed by atoms with Crippen LogP contribution in [-0.2, 0) is 11.3 Å². The van der Waals surface area contributed by atoms with Gasteiger partial charge in [0.15, 0.2) is 18.2 Å². The standard InChI is InChI=1S/C15H13FN4O2S/c16-13-3-1-2-4-14(13)22-9-15(21)17-7-11-8-20(19-18-11)12-5-6-23-10-12/h1-6,8,10H,7,9H2,(H,17,21). The quantitative estimate of drug-likeness (QED) is 0.751. The zero-order valence-corrected chi connectivity index (χ0v) is 12.8. The summed E-state index contributed by atoms with van der Waals surface area (Å²) >= 11 is 1.56. The Bertz CT molecular complexity index is 788. The number of nitrogens with zero attached hydrogens (tertiary/aromatic N) is 3. The molecule has 3 rings (SSSR count). The van der Waals surface area contributed by atoms with Gasteiger partial charge in [0.25, 0.3) is 5.91 Å². The number of amides is 1. The predicted molar refractivity (Wildman–Crippen MR) is 83.0 cm³/mol. The first-order valence-corrected chi connectivity index (χ1v) is 7.74. The number of rotatable bonds is 6. The summed E-state index contributed by atoms with van der Waals surface area (Å²) in [6, 6.07) is 7.85. The number of hydrogen-bond acceptors (Lipinski definition) is 5. The van der Waals surface area contributed by atoms with Gasteiger partial charge in [-0.1, -0.05) is 17.3 Å². The van der Waals surface area contributed by atoms with Gasteiger partial charge in [-0.3, -0.25) is 4.79 Å². The summed E-state index contributed by atoms with van der Waals surface area (Å²) in [6.45, 7) is -0.0385. The third kappa shape index (κ3) is 3.92. The summed E-state index contributed by atoms with van der Waals surface area (Å²) in [7, 11) is 0. The third-order valence-corrected chi connectivity index (χ3v) is 3.64. The number of benzene rings is 1. The number of ether oxygens (including phenoxy) is 1. The van der Waals surface area contributed by atoms with Crippen molar-refractivity contribution in [2.24, 2.45) is 0 Å². The van der Waals surface area contributed by atoms with Crippen LogP contribution in [0, 0.1) is 5.82 Å². The van der Waals surface area contributed by atoms with Gasteiger partial charge in [-0.05, 0) is 23.6 Å². The molecule has 0 aliphatic carbocycles. The van der Waals surface area contributed by atoms with Crippen LogP contribution in [0.3, 0.4) is 0 Å². The Kier molecular flexibility index (Phi) is 4.62. The number of nitrogens with one attached hydrogen (secondary N) is 1. The normalized spacial score (nSPS) is 10.5. The minimum Gasteiger partial charge on any atom is -0.481 e. The molecule has 0 aliphatic heterocycles. The topological polar surface area (TPSA) is 69.0 Å². The van der Waals surface area contributed by atoms with E-state index in [1.165, 1.54) is 12.1 Å². The number of carbonyl (C=O) groups is 1. The maximum Gasteiger partial charge on any atom is 0.258 e. The summed E-state index contributed by atoms with van der Waals surface area (Å²) in [5, 5.41) is 14.5. The molecule has 0 saturated carbocycles. The lowest BCUT2D eigenvalue weighted by atomic mass is 10.3. The molecule has 3 aromatic rings. The molecular weight excluding hydrogens is 319 g/mol. The van der Waals surface area contributed by atoms with Gasteiger partial charge in [0.2, 0.25) is 0 Å². The van der Waals surface area contributed by atoms with Crippen molar-refractivity contribution < 1.29 is 13.9 Å². The van der Waals surface area contributed by atoms with Crippen molar-refractivity contribution >= 4 is 17.2 Å². The average Bonchev–Trinajstić information content (AvgIpc) is 3.23. The second-order valence-electron chi connectivity index (χ2n) is 4.63. The van der Waals surface area contributed by atoms with Crippen LogP contribution in [0.1, 0.15) is 5.69 Å². The van der Waals surface area contributed by atoms with Crippen LogP contribution in [-0.4, -0.2) is 27.5 Å². The first kappa shape index (κ1) is 15.2. The molecule has 0 bridgehead atoms. The molecule has 8 heteroatoms. The van der Waals surface area contributed by atoms with Gasteiger partial charge in [0.1, 0.15) is 5.69 Å². The molecule has 0 unspecified atom stereocenters. The van der Waals surface area contributed by atoms with Crippen molar-refractivity contribution in [3.63, 3.8) is 0 Å². The van der Waals surface area contributed by atoms with Gasteiger partial charge in [-0.15, -0.1) is 5.10 Å². The van der Waals surface area contributed by atoms with E-state index in [9.17, 15) is 9.18 Å². The minimum absolute atomic E-state index is 0.0473. The van der Waals surface area contributed by atoms with Crippen molar-refractivity contribution in [3.05, 3.63) is 58.8 Å².